The second-order valence-corrected chi connectivity index (χ2v) is 5.99. The van der Waals surface area contributed by atoms with Crippen LogP contribution in [0.5, 0.6) is 11.5 Å². The van der Waals surface area contributed by atoms with Gasteiger partial charge in [-0.25, -0.2) is 9.78 Å². The number of rotatable bonds is 6. The molecule has 1 saturated heterocycles. The minimum absolute atomic E-state index is 0.0790. The first-order valence-electron chi connectivity index (χ1n) is 8.57. The molecule has 27 heavy (non-hydrogen) atoms. The highest BCUT2D eigenvalue weighted by Crippen LogP contribution is 2.26. The Morgan fingerprint density at radius 1 is 1.07 bits per heavy atom. The van der Waals surface area contributed by atoms with Crippen LogP contribution in [0.4, 0.5) is 5.82 Å². The van der Waals surface area contributed by atoms with E-state index in [4.69, 9.17) is 9.47 Å². The molecular formula is C19H21N3O5. The number of anilines is 1. The number of aromatic carboxylic acids is 1. The highest BCUT2D eigenvalue weighted by atomic mass is 16.5. The third kappa shape index (κ3) is 4.28. The van der Waals surface area contributed by atoms with Crippen LogP contribution in [0.15, 0.2) is 42.6 Å². The lowest BCUT2D eigenvalue weighted by Crippen LogP contribution is -2.50. The Labute approximate surface area is 156 Å². The van der Waals surface area contributed by atoms with Crippen molar-refractivity contribution in [3.63, 3.8) is 0 Å². The van der Waals surface area contributed by atoms with Gasteiger partial charge < -0.3 is 24.4 Å². The molecule has 8 heteroatoms. The van der Waals surface area contributed by atoms with Gasteiger partial charge in [0.25, 0.3) is 5.91 Å². The quantitative estimate of drug-likeness (QED) is 0.823. The molecule has 1 N–H and O–H groups in total. The summed E-state index contributed by atoms with van der Waals surface area (Å²) >= 11 is 0. The summed E-state index contributed by atoms with van der Waals surface area (Å²) in [6.45, 7) is 1.90. The molecule has 0 atom stereocenters. The first kappa shape index (κ1) is 18.5. The summed E-state index contributed by atoms with van der Waals surface area (Å²) in [5, 5.41) is 9.30. The van der Waals surface area contributed by atoms with Gasteiger partial charge in [0.2, 0.25) is 0 Å². The zero-order valence-corrected chi connectivity index (χ0v) is 15.0. The first-order chi connectivity index (χ1) is 13.1. The van der Waals surface area contributed by atoms with Crippen molar-refractivity contribution in [2.75, 3.05) is 44.8 Å². The third-order valence-corrected chi connectivity index (χ3v) is 4.37. The Morgan fingerprint density at radius 2 is 1.78 bits per heavy atom. The molecule has 2 aromatic rings. The van der Waals surface area contributed by atoms with Gasteiger partial charge in [-0.2, -0.15) is 0 Å². The molecule has 1 aromatic carbocycles. The van der Waals surface area contributed by atoms with E-state index in [1.807, 2.05) is 17.0 Å². The smallest absolute Gasteiger partial charge is 0.339 e. The summed E-state index contributed by atoms with van der Waals surface area (Å²) in [7, 11) is 1.55. The summed E-state index contributed by atoms with van der Waals surface area (Å²) in [5.74, 6) is 0.391. The predicted molar refractivity (Wildman–Crippen MR) is 98.5 cm³/mol. The Balaban J connectivity index is 1.56. The highest BCUT2D eigenvalue weighted by Gasteiger charge is 2.25. The minimum Gasteiger partial charge on any atom is -0.493 e. The number of ether oxygens (including phenoxy) is 2. The molecule has 1 aromatic heterocycles. The molecule has 0 spiro atoms. The van der Waals surface area contributed by atoms with E-state index in [0.29, 0.717) is 43.5 Å². The molecule has 0 saturated carbocycles. The number of methoxy groups -OCH3 is 1. The van der Waals surface area contributed by atoms with Gasteiger partial charge in [-0.15, -0.1) is 0 Å². The molecule has 0 unspecified atom stereocenters. The van der Waals surface area contributed by atoms with Crippen molar-refractivity contribution >= 4 is 17.7 Å². The lowest BCUT2D eigenvalue weighted by atomic mass is 10.2. The largest absolute Gasteiger partial charge is 0.493 e. The summed E-state index contributed by atoms with van der Waals surface area (Å²) in [5.41, 5.74) is 0.164. The molecule has 142 valence electrons. The predicted octanol–water partition coefficient (Wildman–Crippen LogP) is 1.52. The molecule has 8 nitrogen and oxygen atoms in total. The van der Waals surface area contributed by atoms with Gasteiger partial charge >= 0.3 is 5.97 Å². The van der Waals surface area contributed by atoms with E-state index in [2.05, 4.69) is 4.98 Å². The van der Waals surface area contributed by atoms with E-state index in [9.17, 15) is 14.7 Å². The Hall–Kier alpha value is -3.29. The van der Waals surface area contributed by atoms with Crippen molar-refractivity contribution in [3.8, 4) is 11.5 Å². The van der Waals surface area contributed by atoms with Crippen molar-refractivity contribution in [2.24, 2.45) is 0 Å². The standard InChI is InChI=1S/C19H21N3O5/c1-26-15-6-2-3-7-16(15)27-13-17(23)21-9-11-22(12-10-21)18-14(19(24)25)5-4-8-20-18/h2-8H,9-13H2,1H3,(H,24,25). The van der Waals surface area contributed by atoms with E-state index in [0.717, 1.165) is 0 Å². The fraction of sp³-hybridized carbons (Fsp3) is 0.316. The maximum Gasteiger partial charge on any atom is 0.339 e. The number of aromatic nitrogens is 1. The van der Waals surface area contributed by atoms with Crippen LogP contribution in [0.3, 0.4) is 0 Å². The van der Waals surface area contributed by atoms with Crippen molar-refractivity contribution < 1.29 is 24.2 Å². The maximum atomic E-state index is 12.4. The number of carbonyl (C=O) groups excluding carboxylic acids is 1. The number of carbonyl (C=O) groups is 2. The number of hydrogen-bond acceptors (Lipinski definition) is 6. The van der Waals surface area contributed by atoms with Gasteiger partial charge in [-0.05, 0) is 24.3 Å². The molecule has 0 bridgehead atoms. The average molecular weight is 371 g/mol. The molecule has 1 amide bonds. The normalized spacial score (nSPS) is 14.0. The van der Waals surface area contributed by atoms with Gasteiger partial charge in [0.1, 0.15) is 11.4 Å². The zero-order valence-electron chi connectivity index (χ0n) is 15.0. The van der Waals surface area contributed by atoms with Crippen molar-refractivity contribution in [1.82, 2.24) is 9.88 Å². The van der Waals surface area contributed by atoms with Crippen LogP contribution in [0.2, 0.25) is 0 Å². The average Bonchev–Trinajstić information content (AvgIpc) is 2.72. The van der Waals surface area contributed by atoms with Crippen molar-refractivity contribution in [3.05, 3.63) is 48.2 Å². The van der Waals surface area contributed by atoms with E-state index in [1.165, 1.54) is 6.07 Å². The Morgan fingerprint density at radius 3 is 2.44 bits per heavy atom. The molecule has 1 aliphatic heterocycles. The highest BCUT2D eigenvalue weighted by molar-refractivity contribution is 5.93. The molecular weight excluding hydrogens is 350 g/mol. The van der Waals surface area contributed by atoms with Gasteiger partial charge in [0.15, 0.2) is 18.1 Å². The molecule has 0 radical (unpaired) electrons. The van der Waals surface area contributed by atoms with E-state index >= 15 is 0 Å². The minimum atomic E-state index is -1.01. The molecule has 0 aliphatic carbocycles. The van der Waals surface area contributed by atoms with E-state index in [-0.39, 0.29) is 18.1 Å². The van der Waals surface area contributed by atoms with Crippen LogP contribution in [-0.4, -0.2) is 66.8 Å². The van der Waals surface area contributed by atoms with Gasteiger partial charge in [-0.3, -0.25) is 4.79 Å². The van der Waals surface area contributed by atoms with E-state index < -0.39 is 5.97 Å². The summed E-state index contributed by atoms with van der Waals surface area (Å²) in [4.78, 5) is 31.6. The molecule has 2 heterocycles. The third-order valence-electron chi connectivity index (χ3n) is 4.37. The fourth-order valence-electron chi connectivity index (χ4n) is 2.95. The lowest BCUT2D eigenvalue weighted by molar-refractivity contribution is -0.133. The van der Waals surface area contributed by atoms with Crippen LogP contribution >= 0.6 is 0 Å². The number of pyridine rings is 1. The number of hydrogen-bond donors (Lipinski definition) is 1. The second kappa shape index (κ2) is 8.39. The second-order valence-electron chi connectivity index (χ2n) is 5.99. The topological polar surface area (TPSA) is 92.2 Å². The maximum absolute atomic E-state index is 12.4. The number of nitrogens with zero attached hydrogens (tertiary/aromatic N) is 3. The molecule has 3 rings (SSSR count). The van der Waals surface area contributed by atoms with Crippen molar-refractivity contribution in [2.45, 2.75) is 0 Å². The number of carboxylic acids is 1. The first-order valence-corrected chi connectivity index (χ1v) is 8.57. The molecule has 1 fully saturated rings. The molecule has 1 aliphatic rings. The summed E-state index contributed by atoms with van der Waals surface area (Å²) in [6, 6.07) is 10.3. The number of para-hydroxylation sites is 2. The van der Waals surface area contributed by atoms with Gasteiger partial charge in [0, 0.05) is 32.4 Å². The monoisotopic (exact) mass is 371 g/mol. The Bertz CT molecular complexity index is 818. The summed E-state index contributed by atoms with van der Waals surface area (Å²) in [6.07, 6.45) is 1.57. The fourth-order valence-corrected chi connectivity index (χ4v) is 2.95. The van der Waals surface area contributed by atoms with Crippen LogP contribution in [0, 0.1) is 0 Å². The van der Waals surface area contributed by atoms with Crippen LogP contribution < -0.4 is 14.4 Å². The SMILES string of the molecule is COc1ccccc1OCC(=O)N1CCN(c2ncccc2C(=O)O)CC1. The number of carboxylic acid groups (broad SMARTS) is 1. The number of amides is 1. The zero-order chi connectivity index (χ0) is 19.2. The van der Waals surface area contributed by atoms with Crippen LogP contribution in [0.1, 0.15) is 10.4 Å². The Kier molecular flexibility index (Phi) is 5.75. The van der Waals surface area contributed by atoms with Crippen LogP contribution in [0.25, 0.3) is 0 Å². The van der Waals surface area contributed by atoms with Crippen molar-refractivity contribution in [1.29, 1.82) is 0 Å². The van der Waals surface area contributed by atoms with Gasteiger partial charge in [0.05, 0.1) is 7.11 Å². The number of benzene rings is 1. The van der Waals surface area contributed by atoms with E-state index in [1.54, 1.807) is 36.4 Å². The lowest BCUT2D eigenvalue weighted by Gasteiger charge is -2.35. The van der Waals surface area contributed by atoms with Crippen LogP contribution in [-0.2, 0) is 4.79 Å². The summed E-state index contributed by atoms with van der Waals surface area (Å²) < 4.78 is 10.8. The van der Waals surface area contributed by atoms with Gasteiger partial charge in [-0.1, -0.05) is 12.1 Å². The number of piperazine rings is 1.